The van der Waals surface area contributed by atoms with Crippen LogP contribution in [0.25, 0.3) is 0 Å². The Morgan fingerprint density at radius 1 is 1.59 bits per heavy atom. The number of ketones is 1. The van der Waals surface area contributed by atoms with Crippen LogP contribution in [-0.4, -0.2) is 41.4 Å². The minimum atomic E-state index is -1.14. The van der Waals surface area contributed by atoms with Crippen LogP contribution >= 0.6 is 0 Å². The number of hydrogen-bond donors (Lipinski definition) is 0. The number of carbonyl (C=O) groups is 2. The quantitative estimate of drug-likeness (QED) is 0.480. The van der Waals surface area contributed by atoms with E-state index in [-0.39, 0.29) is 23.8 Å². The van der Waals surface area contributed by atoms with E-state index in [2.05, 4.69) is 6.07 Å². The van der Waals surface area contributed by atoms with Crippen molar-refractivity contribution in [3.8, 4) is 6.07 Å². The number of nitrogens with zero attached hydrogens (tertiary/aromatic N) is 2. The van der Waals surface area contributed by atoms with E-state index in [1.807, 2.05) is 4.90 Å². The minimum Gasteiger partial charge on any atom is -0.467 e. The van der Waals surface area contributed by atoms with Gasteiger partial charge >= 0.3 is 5.97 Å². The Bertz CT molecular complexity index is 432. The van der Waals surface area contributed by atoms with Crippen LogP contribution in [0.15, 0.2) is 0 Å². The Morgan fingerprint density at radius 2 is 2.35 bits per heavy atom. The molecule has 0 amide bonds. The molecule has 0 spiro atoms. The summed E-state index contributed by atoms with van der Waals surface area (Å²) >= 11 is 0. The van der Waals surface area contributed by atoms with Gasteiger partial charge in [0.05, 0.1) is 13.2 Å². The lowest BCUT2D eigenvalue weighted by Gasteiger charge is -2.35. The molecule has 17 heavy (non-hydrogen) atoms. The Morgan fingerprint density at radius 3 is 3.00 bits per heavy atom. The van der Waals surface area contributed by atoms with E-state index in [9.17, 15) is 14.9 Å². The lowest BCUT2D eigenvalue weighted by atomic mass is 9.82. The third kappa shape index (κ3) is 1.07. The van der Waals surface area contributed by atoms with Gasteiger partial charge in [0.2, 0.25) is 0 Å². The third-order valence-electron chi connectivity index (χ3n) is 4.55. The van der Waals surface area contributed by atoms with E-state index in [0.29, 0.717) is 12.8 Å². The van der Waals surface area contributed by atoms with Gasteiger partial charge in [0.1, 0.15) is 6.04 Å². The van der Waals surface area contributed by atoms with Gasteiger partial charge in [-0.15, -0.1) is 0 Å². The number of methoxy groups -OCH3 is 1. The number of ether oxygens (including phenoxy) is 1. The van der Waals surface area contributed by atoms with Crippen LogP contribution in [0.2, 0.25) is 0 Å². The fourth-order valence-corrected chi connectivity index (χ4v) is 3.89. The summed E-state index contributed by atoms with van der Waals surface area (Å²) in [7, 11) is 1.31. The van der Waals surface area contributed by atoms with E-state index in [4.69, 9.17) is 4.74 Å². The first-order valence-corrected chi connectivity index (χ1v) is 5.95. The largest absolute Gasteiger partial charge is 0.467 e. The summed E-state index contributed by atoms with van der Waals surface area (Å²) in [6, 6.07) is 2.02. The van der Waals surface area contributed by atoms with Gasteiger partial charge in [0.15, 0.2) is 11.3 Å². The Labute approximate surface area is 99.3 Å². The number of hydrogen-bond acceptors (Lipinski definition) is 5. The first-order chi connectivity index (χ1) is 8.15. The highest BCUT2D eigenvalue weighted by Crippen LogP contribution is 2.52. The highest BCUT2D eigenvalue weighted by Gasteiger charge is 2.68. The van der Waals surface area contributed by atoms with Crippen LogP contribution < -0.4 is 0 Å². The Hall–Kier alpha value is -1.41. The normalized spacial score (nSPS) is 43.5. The smallest absolute Gasteiger partial charge is 0.334 e. The summed E-state index contributed by atoms with van der Waals surface area (Å²) in [5, 5.41) is 9.24. The number of Topliss-reactive ketones (excluding diaryl/α,β-unsaturated/α-hetero) is 1. The molecular weight excluding hydrogens is 220 g/mol. The Balaban J connectivity index is 2.11. The first kappa shape index (κ1) is 10.7. The summed E-state index contributed by atoms with van der Waals surface area (Å²) in [5.41, 5.74) is -1.14. The molecule has 90 valence electrons. The van der Waals surface area contributed by atoms with Gasteiger partial charge in [-0.05, 0) is 25.2 Å². The van der Waals surface area contributed by atoms with Crippen molar-refractivity contribution in [2.75, 3.05) is 7.11 Å². The molecule has 0 saturated carbocycles. The molecule has 3 rings (SSSR count). The molecule has 0 N–H and O–H groups in total. The molecule has 0 aromatic carbocycles. The van der Waals surface area contributed by atoms with Gasteiger partial charge in [0.25, 0.3) is 0 Å². The standard InChI is InChI=1S/C12H14N2O3/c1-17-11(16)12-5-7-2-3-8(4-10(12)15)14(12)9(7)6-13/h7-9H,2-5H2,1H3. The molecule has 4 atom stereocenters. The van der Waals surface area contributed by atoms with Crippen molar-refractivity contribution in [2.45, 2.75) is 43.3 Å². The predicted octanol–water partition coefficient (Wildman–Crippen LogP) is 0.247. The van der Waals surface area contributed by atoms with Crippen molar-refractivity contribution in [1.29, 1.82) is 5.26 Å². The van der Waals surface area contributed by atoms with Crippen molar-refractivity contribution in [3.63, 3.8) is 0 Å². The van der Waals surface area contributed by atoms with Crippen molar-refractivity contribution >= 4 is 11.8 Å². The van der Waals surface area contributed by atoms with Crippen LogP contribution in [-0.2, 0) is 14.3 Å². The van der Waals surface area contributed by atoms with E-state index in [0.717, 1.165) is 12.8 Å². The minimum absolute atomic E-state index is 0.0585. The monoisotopic (exact) mass is 234 g/mol. The van der Waals surface area contributed by atoms with E-state index in [1.54, 1.807) is 0 Å². The maximum absolute atomic E-state index is 12.2. The molecular formula is C12H14N2O3. The van der Waals surface area contributed by atoms with Crippen molar-refractivity contribution in [3.05, 3.63) is 0 Å². The van der Waals surface area contributed by atoms with Crippen LogP contribution in [0, 0.1) is 17.2 Å². The predicted molar refractivity (Wildman–Crippen MR) is 56.7 cm³/mol. The van der Waals surface area contributed by atoms with Crippen molar-refractivity contribution in [2.24, 2.45) is 5.92 Å². The summed E-state index contributed by atoms with van der Waals surface area (Å²) in [5.74, 6) is -0.397. The van der Waals surface area contributed by atoms with Crippen molar-refractivity contribution < 1.29 is 14.3 Å². The average molecular weight is 234 g/mol. The zero-order valence-electron chi connectivity index (χ0n) is 9.68. The lowest BCUT2D eigenvalue weighted by molar-refractivity contribution is -0.156. The highest BCUT2D eigenvalue weighted by molar-refractivity contribution is 6.11. The van der Waals surface area contributed by atoms with Crippen LogP contribution in [0.4, 0.5) is 0 Å². The number of piperidine rings is 1. The Kier molecular flexibility index (Phi) is 2.08. The number of esters is 1. The van der Waals surface area contributed by atoms with Crippen LogP contribution in [0.5, 0.6) is 0 Å². The second-order valence-electron chi connectivity index (χ2n) is 5.16. The van der Waals surface area contributed by atoms with Crippen molar-refractivity contribution in [1.82, 2.24) is 4.90 Å². The van der Waals surface area contributed by atoms with E-state index >= 15 is 0 Å². The molecule has 0 aliphatic carbocycles. The number of nitriles is 1. The highest BCUT2D eigenvalue weighted by atomic mass is 16.5. The zero-order valence-corrected chi connectivity index (χ0v) is 9.68. The number of fused-ring (bicyclic) bond motifs is 1. The fraction of sp³-hybridized carbons (Fsp3) is 0.750. The van der Waals surface area contributed by atoms with Crippen LogP contribution in [0.1, 0.15) is 25.7 Å². The van der Waals surface area contributed by atoms with Gasteiger partial charge in [-0.2, -0.15) is 5.26 Å². The molecule has 3 saturated heterocycles. The molecule has 2 bridgehead atoms. The summed E-state index contributed by atoms with van der Waals surface area (Å²) in [6.07, 6.45) is 2.70. The number of carbonyl (C=O) groups excluding carboxylic acids is 2. The number of rotatable bonds is 1. The van der Waals surface area contributed by atoms with Gasteiger partial charge in [-0.3, -0.25) is 9.69 Å². The van der Waals surface area contributed by atoms with E-state index in [1.165, 1.54) is 7.11 Å². The fourth-order valence-electron chi connectivity index (χ4n) is 3.89. The zero-order chi connectivity index (χ0) is 12.2. The second kappa shape index (κ2) is 3.30. The van der Waals surface area contributed by atoms with Gasteiger partial charge in [-0.25, -0.2) is 4.79 Å². The molecule has 0 aromatic heterocycles. The third-order valence-corrected chi connectivity index (χ3v) is 4.55. The molecule has 3 aliphatic rings. The lowest BCUT2D eigenvalue weighted by Crippen LogP contribution is -2.55. The second-order valence-corrected chi connectivity index (χ2v) is 5.16. The SMILES string of the molecule is COC(=O)C12CC3CCC(CC1=O)N2C3C#N. The molecule has 5 nitrogen and oxygen atoms in total. The summed E-state index contributed by atoms with van der Waals surface area (Å²) in [6.45, 7) is 0. The average Bonchev–Trinajstić information content (AvgIpc) is 2.74. The molecule has 4 unspecified atom stereocenters. The van der Waals surface area contributed by atoms with Gasteiger partial charge < -0.3 is 4.74 Å². The topological polar surface area (TPSA) is 70.4 Å². The van der Waals surface area contributed by atoms with Gasteiger partial charge in [0, 0.05) is 12.5 Å². The molecule has 5 heteroatoms. The van der Waals surface area contributed by atoms with E-state index < -0.39 is 11.5 Å². The molecule has 0 radical (unpaired) electrons. The maximum Gasteiger partial charge on any atom is 0.334 e. The molecule has 3 heterocycles. The maximum atomic E-state index is 12.2. The van der Waals surface area contributed by atoms with Gasteiger partial charge in [-0.1, -0.05) is 0 Å². The summed E-state index contributed by atoms with van der Waals surface area (Å²) < 4.78 is 4.82. The molecule has 3 fully saturated rings. The molecule has 0 aromatic rings. The molecule has 3 aliphatic heterocycles. The summed E-state index contributed by atoms with van der Waals surface area (Å²) in [4.78, 5) is 26.0. The van der Waals surface area contributed by atoms with Crippen LogP contribution in [0.3, 0.4) is 0 Å². The first-order valence-electron chi connectivity index (χ1n) is 5.95.